The molecule has 2 aliphatic heterocycles. The van der Waals surface area contributed by atoms with E-state index in [0.717, 1.165) is 0 Å². The Hall–Kier alpha value is -2.04. The molecule has 0 saturated carbocycles. The van der Waals surface area contributed by atoms with Gasteiger partial charge in [-0.15, -0.1) is 0 Å². The summed E-state index contributed by atoms with van der Waals surface area (Å²) in [6, 6.07) is 3.18. The first-order chi connectivity index (χ1) is 17.1. The quantitative estimate of drug-likeness (QED) is 0.185. The number of aliphatic hydroxyl groups is 7. The van der Waals surface area contributed by atoms with Crippen LogP contribution >= 0.6 is 0 Å². The Morgan fingerprint density at radius 1 is 0.806 bits per heavy atom. The first-order valence-corrected chi connectivity index (χ1v) is 11.3. The Labute approximate surface area is 207 Å². The van der Waals surface area contributed by atoms with Crippen molar-refractivity contribution < 1.29 is 64.2 Å². The molecule has 13 heteroatoms. The van der Waals surface area contributed by atoms with Gasteiger partial charge in [-0.05, 0) is 24.6 Å². The van der Waals surface area contributed by atoms with Crippen LogP contribution < -0.4 is 14.2 Å². The molecule has 13 nitrogen and oxygen atoms in total. The van der Waals surface area contributed by atoms with Crippen LogP contribution in [0, 0.1) is 0 Å². The number of ether oxygens (including phenoxy) is 6. The van der Waals surface area contributed by atoms with Crippen molar-refractivity contribution in [1.29, 1.82) is 0 Å². The highest BCUT2D eigenvalue weighted by Crippen LogP contribution is 2.41. The van der Waals surface area contributed by atoms with Crippen molar-refractivity contribution in [2.75, 3.05) is 27.4 Å². The van der Waals surface area contributed by atoms with Gasteiger partial charge in [0.1, 0.15) is 42.7 Å². The first-order valence-electron chi connectivity index (χ1n) is 11.3. The zero-order valence-corrected chi connectivity index (χ0v) is 20.1. The maximum absolute atomic E-state index is 10.5. The average molecular weight is 519 g/mol. The minimum Gasteiger partial charge on any atom is -0.493 e. The molecule has 0 radical (unpaired) electrons. The molecule has 36 heavy (non-hydrogen) atoms. The molecule has 10 atom stereocenters. The van der Waals surface area contributed by atoms with E-state index in [4.69, 9.17) is 33.5 Å². The van der Waals surface area contributed by atoms with Crippen molar-refractivity contribution in [2.24, 2.45) is 0 Å². The van der Waals surface area contributed by atoms with E-state index in [0.29, 0.717) is 5.56 Å². The molecule has 1 aromatic rings. The molecule has 0 aliphatic carbocycles. The third-order valence-corrected chi connectivity index (χ3v) is 6.03. The molecule has 1 aromatic carbocycles. The summed E-state index contributed by atoms with van der Waals surface area (Å²) < 4.78 is 33.0. The molecular weight excluding hydrogens is 484 g/mol. The van der Waals surface area contributed by atoms with Gasteiger partial charge in [0.15, 0.2) is 17.8 Å². The van der Waals surface area contributed by atoms with Crippen molar-refractivity contribution in [2.45, 2.75) is 68.3 Å². The van der Waals surface area contributed by atoms with E-state index in [1.165, 1.54) is 27.2 Å². The van der Waals surface area contributed by atoms with E-state index >= 15 is 0 Å². The second-order valence-electron chi connectivity index (χ2n) is 8.49. The summed E-state index contributed by atoms with van der Waals surface area (Å²) in [6.45, 7) is 0.884. The Balaban J connectivity index is 1.76. The molecule has 2 saturated heterocycles. The molecule has 7 N–H and O–H groups in total. The average Bonchev–Trinajstić information content (AvgIpc) is 2.88. The van der Waals surface area contributed by atoms with Crippen molar-refractivity contribution >= 4 is 6.08 Å². The molecule has 0 spiro atoms. The summed E-state index contributed by atoms with van der Waals surface area (Å²) in [4.78, 5) is 0. The zero-order chi connectivity index (χ0) is 26.6. The zero-order valence-electron chi connectivity index (χ0n) is 20.1. The van der Waals surface area contributed by atoms with E-state index in [9.17, 15) is 30.6 Å². The van der Waals surface area contributed by atoms with Crippen molar-refractivity contribution in [3.05, 3.63) is 23.8 Å². The lowest BCUT2D eigenvalue weighted by Gasteiger charge is -2.42. The second-order valence-corrected chi connectivity index (χ2v) is 8.49. The normalized spacial score (nSPS) is 37.2. The fourth-order valence-electron chi connectivity index (χ4n) is 3.91. The highest BCUT2D eigenvalue weighted by molar-refractivity contribution is 5.62. The SMILES string of the molecule is COc1cc(C=CCO)cc(OC)c1OC1OC(COC2OC(C)C(O)C(O)C2O)C(O)C(O)C1O. The van der Waals surface area contributed by atoms with E-state index in [2.05, 4.69) is 0 Å². The molecule has 204 valence electrons. The molecule has 0 amide bonds. The van der Waals surface area contributed by atoms with E-state index in [-0.39, 0.29) is 23.9 Å². The molecule has 2 fully saturated rings. The van der Waals surface area contributed by atoms with Crippen molar-refractivity contribution in [3.8, 4) is 17.2 Å². The van der Waals surface area contributed by atoms with Gasteiger partial charge in [0.25, 0.3) is 0 Å². The predicted octanol–water partition coefficient (Wildman–Crippen LogP) is -2.26. The van der Waals surface area contributed by atoms with Gasteiger partial charge in [-0.1, -0.05) is 12.2 Å². The maximum Gasteiger partial charge on any atom is 0.229 e. The van der Waals surface area contributed by atoms with Crippen LogP contribution in [-0.4, -0.2) is 125 Å². The fraction of sp³-hybridized carbons (Fsp3) is 0.652. The van der Waals surface area contributed by atoms with E-state index in [1.54, 1.807) is 18.2 Å². The second kappa shape index (κ2) is 12.5. The topological polar surface area (TPSA) is 197 Å². The molecule has 10 unspecified atom stereocenters. The summed E-state index contributed by atoms with van der Waals surface area (Å²) >= 11 is 0. The van der Waals surface area contributed by atoms with Gasteiger partial charge in [-0.25, -0.2) is 0 Å². The summed E-state index contributed by atoms with van der Waals surface area (Å²) in [5.41, 5.74) is 0.629. The summed E-state index contributed by atoms with van der Waals surface area (Å²) in [5, 5.41) is 70.2. The molecule has 2 heterocycles. The minimum absolute atomic E-state index is 0.0467. The summed E-state index contributed by atoms with van der Waals surface area (Å²) in [6.07, 6.45) is -11.2. The number of hydrogen-bond donors (Lipinski definition) is 7. The smallest absolute Gasteiger partial charge is 0.229 e. The van der Waals surface area contributed by atoms with Crippen LogP contribution in [0.25, 0.3) is 6.08 Å². The van der Waals surface area contributed by atoms with Gasteiger partial charge in [0, 0.05) is 0 Å². The van der Waals surface area contributed by atoms with Crippen molar-refractivity contribution in [3.63, 3.8) is 0 Å². The first kappa shape index (κ1) is 28.5. The number of aliphatic hydroxyl groups excluding tert-OH is 7. The van der Waals surface area contributed by atoms with Crippen LogP contribution in [0.15, 0.2) is 18.2 Å². The van der Waals surface area contributed by atoms with Crippen LogP contribution in [0.2, 0.25) is 0 Å². The Kier molecular flexibility index (Phi) is 9.88. The number of hydrogen-bond acceptors (Lipinski definition) is 13. The standard InChI is InChI=1S/C23H34O13/c1-10-15(25)17(27)19(29)22(34-10)33-9-14-16(26)18(28)20(30)23(35-14)36-21-12(31-2)7-11(5-4-6-24)8-13(21)32-3/h4-5,7-8,10,14-20,22-30H,6,9H2,1-3H3. The fourth-order valence-corrected chi connectivity index (χ4v) is 3.91. The maximum atomic E-state index is 10.5. The van der Waals surface area contributed by atoms with Crippen LogP contribution in [-0.2, 0) is 14.2 Å². The van der Waals surface area contributed by atoms with E-state index < -0.39 is 68.0 Å². The Morgan fingerprint density at radius 2 is 1.39 bits per heavy atom. The summed E-state index contributed by atoms with van der Waals surface area (Å²) in [7, 11) is 2.77. The van der Waals surface area contributed by atoms with Gasteiger partial charge < -0.3 is 64.2 Å². The molecule has 3 rings (SSSR count). The van der Waals surface area contributed by atoms with Crippen LogP contribution in [0.1, 0.15) is 12.5 Å². The number of rotatable bonds is 9. The minimum atomic E-state index is -1.69. The third kappa shape index (κ3) is 6.08. The number of benzene rings is 1. The lowest BCUT2D eigenvalue weighted by molar-refractivity contribution is -0.318. The summed E-state index contributed by atoms with van der Waals surface area (Å²) in [5.74, 6) is 0.457. The van der Waals surface area contributed by atoms with Crippen LogP contribution in [0.5, 0.6) is 17.2 Å². The van der Waals surface area contributed by atoms with Gasteiger partial charge in [-0.2, -0.15) is 0 Å². The largest absolute Gasteiger partial charge is 0.493 e. The van der Waals surface area contributed by atoms with Gasteiger partial charge >= 0.3 is 0 Å². The Bertz CT molecular complexity index is 855. The molecule has 0 aromatic heterocycles. The predicted molar refractivity (Wildman–Crippen MR) is 121 cm³/mol. The van der Waals surface area contributed by atoms with Gasteiger partial charge in [0.2, 0.25) is 12.0 Å². The van der Waals surface area contributed by atoms with Crippen LogP contribution in [0.3, 0.4) is 0 Å². The van der Waals surface area contributed by atoms with Crippen molar-refractivity contribution in [1.82, 2.24) is 0 Å². The highest BCUT2D eigenvalue weighted by Gasteiger charge is 2.47. The van der Waals surface area contributed by atoms with Gasteiger partial charge in [-0.3, -0.25) is 0 Å². The third-order valence-electron chi connectivity index (χ3n) is 6.03. The van der Waals surface area contributed by atoms with E-state index in [1.807, 2.05) is 0 Å². The monoisotopic (exact) mass is 518 g/mol. The molecular formula is C23H34O13. The lowest BCUT2D eigenvalue weighted by atomic mass is 9.98. The number of methoxy groups -OCH3 is 2. The Morgan fingerprint density at radius 3 is 1.97 bits per heavy atom. The molecule has 0 bridgehead atoms. The molecule has 2 aliphatic rings. The lowest BCUT2D eigenvalue weighted by Crippen LogP contribution is -2.61. The van der Waals surface area contributed by atoms with Crippen LogP contribution in [0.4, 0.5) is 0 Å². The highest BCUT2D eigenvalue weighted by atomic mass is 16.7. The van der Waals surface area contributed by atoms with Gasteiger partial charge in [0.05, 0.1) is 33.5 Å².